The number of rotatable bonds is 5. The monoisotopic (exact) mass is 310 g/mol. The summed E-state index contributed by atoms with van der Waals surface area (Å²) in [6, 6.07) is 18.2. The van der Waals surface area contributed by atoms with Gasteiger partial charge in [-0.15, -0.1) is 0 Å². The van der Waals surface area contributed by atoms with Gasteiger partial charge in [-0.05, 0) is 50.3 Å². The van der Waals surface area contributed by atoms with E-state index in [9.17, 15) is 4.79 Å². The van der Waals surface area contributed by atoms with Crippen molar-refractivity contribution in [1.29, 1.82) is 0 Å². The minimum atomic E-state index is -0.519. The molecule has 0 spiro atoms. The molecule has 2 aromatic rings. The largest absolute Gasteiger partial charge is 0.350 e. The van der Waals surface area contributed by atoms with E-state index in [-0.39, 0.29) is 11.4 Å². The van der Waals surface area contributed by atoms with Crippen LogP contribution < -0.4 is 11.1 Å². The molecule has 1 unspecified atom stereocenters. The molecule has 1 amide bonds. The number of benzene rings is 2. The van der Waals surface area contributed by atoms with E-state index < -0.39 is 6.04 Å². The predicted molar refractivity (Wildman–Crippen MR) is 95.3 cm³/mol. The second-order valence-electron chi connectivity index (χ2n) is 7.03. The zero-order valence-electron chi connectivity index (χ0n) is 14.2. The molecule has 0 saturated carbocycles. The van der Waals surface area contributed by atoms with Gasteiger partial charge < -0.3 is 11.1 Å². The maximum Gasteiger partial charge on any atom is 0.237 e. The summed E-state index contributed by atoms with van der Waals surface area (Å²) < 4.78 is 0. The average molecular weight is 310 g/mol. The van der Waals surface area contributed by atoms with Crippen LogP contribution >= 0.6 is 0 Å². The minimum Gasteiger partial charge on any atom is -0.350 e. The van der Waals surface area contributed by atoms with Crippen molar-refractivity contribution in [2.45, 2.75) is 45.2 Å². The van der Waals surface area contributed by atoms with E-state index in [4.69, 9.17) is 5.73 Å². The minimum absolute atomic E-state index is 0.106. The molecule has 3 N–H and O–H groups in total. The van der Waals surface area contributed by atoms with E-state index in [0.29, 0.717) is 6.42 Å². The van der Waals surface area contributed by atoms with E-state index in [1.54, 1.807) is 0 Å². The third-order valence-electron chi connectivity index (χ3n) is 3.56. The lowest BCUT2D eigenvalue weighted by Crippen LogP contribution is -2.49. The first-order chi connectivity index (χ1) is 10.8. The van der Waals surface area contributed by atoms with Gasteiger partial charge in [0.15, 0.2) is 0 Å². The van der Waals surface area contributed by atoms with E-state index in [2.05, 4.69) is 53.8 Å². The van der Waals surface area contributed by atoms with Crippen LogP contribution in [0.5, 0.6) is 0 Å². The molecular formula is C20H26N2O. The van der Waals surface area contributed by atoms with Gasteiger partial charge in [0, 0.05) is 5.54 Å². The Morgan fingerprint density at radius 2 is 1.48 bits per heavy atom. The first-order valence-corrected chi connectivity index (χ1v) is 8.03. The highest BCUT2D eigenvalue weighted by Crippen LogP contribution is 2.12. The Kier molecular flexibility index (Phi) is 5.56. The van der Waals surface area contributed by atoms with Crippen LogP contribution in [0.3, 0.4) is 0 Å². The number of carbonyl (C=O) groups is 1. The normalized spacial score (nSPS) is 12.7. The molecule has 23 heavy (non-hydrogen) atoms. The van der Waals surface area contributed by atoms with Gasteiger partial charge in [0.1, 0.15) is 0 Å². The molecule has 0 fully saturated rings. The van der Waals surface area contributed by atoms with Gasteiger partial charge in [-0.25, -0.2) is 0 Å². The third kappa shape index (κ3) is 5.87. The summed E-state index contributed by atoms with van der Waals surface area (Å²) in [7, 11) is 0. The SMILES string of the molecule is CC(C)(C)NC(=O)C(N)Cc1ccc(Cc2ccccc2)cc1. The van der Waals surface area contributed by atoms with Crippen LogP contribution in [0.1, 0.15) is 37.5 Å². The van der Waals surface area contributed by atoms with Gasteiger partial charge in [-0.1, -0.05) is 54.6 Å². The van der Waals surface area contributed by atoms with Crippen LogP contribution in [-0.2, 0) is 17.6 Å². The summed E-state index contributed by atoms with van der Waals surface area (Å²) in [5.41, 5.74) is 9.38. The highest BCUT2D eigenvalue weighted by atomic mass is 16.2. The number of nitrogens with two attached hydrogens (primary N) is 1. The molecule has 2 rings (SSSR count). The molecule has 0 heterocycles. The van der Waals surface area contributed by atoms with Crippen LogP contribution in [0.15, 0.2) is 54.6 Å². The zero-order chi connectivity index (χ0) is 16.9. The molecule has 3 nitrogen and oxygen atoms in total. The summed E-state index contributed by atoms with van der Waals surface area (Å²) in [5, 5.41) is 2.92. The zero-order valence-corrected chi connectivity index (χ0v) is 14.2. The molecule has 3 heteroatoms. The quantitative estimate of drug-likeness (QED) is 0.892. The summed E-state index contributed by atoms with van der Waals surface area (Å²) in [5.74, 6) is -0.106. The van der Waals surface area contributed by atoms with Gasteiger partial charge in [0.25, 0.3) is 0 Å². The second-order valence-corrected chi connectivity index (χ2v) is 7.03. The molecule has 0 aliphatic carbocycles. The van der Waals surface area contributed by atoms with E-state index in [1.807, 2.05) is 26.8 Å². The topological polar surface area (TPSA) is 55.1 Å². The third-order valence-corrected chi connectivity index (χ3v) is 3.56. The van der Waals surface area contributed by atoms with Crippen LogP contribution in [0, 0.1) is 0 Å². The van der Waals surface area contributed by atoms with Crippen molar-refractivity contribution in [2.24, 2.45) is 5.73 Å². The first kappa shape index (κ1) is 17.2. The number of nitrogens with one attached hydrogen (secondary N) is 1. The molecule has 1 atom stereocenters. The van der Waals surface area contributed by atoms with E-state index in [1.165, 1.54) is 11.1 Å². The highest BCUT2D eigenvalue weighted by molar-refractivity contribution is 5.82. The summed E-state index contributed by atoms with van der Waals surface area (Å²) in [4.78, 5) is 12.0. The number of hydrogen-bond acceptors (Lipinski definition) is 2. The second kappa shape index (κ2) is 7.42. The van der Waals surface area contributed by atoms with Crippen LogP contribution in [-0.4, -0.2) is 17.5 Å². The smallest absolute Gasteiger partial charge is 0.237 e. The Hall–Kier alpha value is -2.13. The average Bonchev–Trinajstić information content (AvgIpc) is 2.48. The van der Waals surface area contributed by atoms with Crippen LogP contribution in [0.4, 0.5) is 0 Å². The number of carbonyl (C=O) groups excluding carboxylic acids is 1. The summed E-state index contributed by atoms with van der Waals surface area (Å²) in [6.45, 7) is 5.86. The fraction of sp³-hybridized carbons (Fsp3) is 0.350. The van der Waals surface area contributed by atoms with Gasteiger partial charge in [-0.2, -0.15) is 0 Å². The lowest BCUT2D eigenvalue weighted by atomic mass is 10.00. The Balaban J connectivity index is 1.93. The molecule has 0 aliphatic heterocycles. The summed E-state index contributed by atoms with van der Waals surface area (Å²) in [6.07, 6.45) is 1.46. The maximum absolute atomic E-state index is 12.0. The lowest BCUT2D eigenvalue weighted by molar-refractivity contribution is -0.123. The lowest BCUT2D eigenvalue weighted by Gasteiger charge is -2.23. The predicted octanol–water partition coefficient (Wildman–Crippen LogP) is 3.06. The maximum atomic E-state index is 12.0. The first-order valence-electron chi connectivity index (χ1n) is 8.03. The Bertz CT molecular complexity index is 627. The summed E-state index contributed by atoms with van der Waals surface area (Å²) >= 11 is 0. The van der Waals surface area contributed by atoms with E-state index in [0.717, 1.165) is 12.0 Å². The van der Waals surface area contributed by atoms with Crippen molar-refractivity contribution < 1.29 is 4.79 Å². The van der Waals surface area contributed by atoms with E-state index >= 15 is 0 Å². The molecule has 0 bridgehead atoms. The molecule has 0 aromatic heterocycles. The molecule has 2 aromatic carbocycles. The van der Waals surface area contributed by atoms with Crippen LogP contribution in [0.25, 0.3) is 0 Å². The fourth-order valence-electron chi connectivity index (χ4n) is 2.43. The van der Waals surface area contributed by atoms with Gasteiger partial charge >= 0.3 is 0 Å². The Morgan fingerprint density at radius 1 is 0.957 bits per heavy atom. The van der Waals surface area contributed by atoms with Gasteiger partial charge in [0.2, 0.25) is 5.91 Å². The molecule has 122 valence electrons. The molecular weight excluding hydrogens is 284 g/mol. The van der Waals surface area contributed by atoms with Crippen molar-refractivity contribution in [3.63, 3.8) is 0 Å². The standard InChI is InChI=1S/C20H26N2O/c1-20(2,3)22-19(23)18(21)14-17-11-9-16(10-12-17)13-15-7-5-4-6-8-15/h4-12,18H,13-14,21H2,1-3H3,(H,22,23). The molecule has 0 aliphatic rings. The fourth-order valence-corrected chi connectivity index (χ4v) is 2.43. The highest BCUT2D eigenvalue weighted by Gasteiger charge is 2.19. The van der Waals surface area contributed by atoms with Crippen molar-refractivity contribution in [3.05, 3.63) is 71.3 Å². The van der Waals surface area contributed by atoms with Gasteiger partial charge in [0.05, 0.1) is 6.04 Å². The van der Waals surface area contributed by atoms with Crippen LogP contribution in [0.2, 0.25) is 0 Å². The van der Waals surface area contributed by atoms with Crippen molar-refractivity contribution >= 4 is 5.91 Å². The Morgan fingerprint density at radius 3 is 2.04 bits per heavy atom. The van der Waals surface area contributed by atoms with Crippen molar-refractivity contribution in [1.82, 2.24) is 5.32 Å². The van der Waals surface area contributed by atoms with Crippen molar-refractivity contribution in [3.8, 4) is 0 Å². The molecule has 0 radical (unpaired) electrons. The Labute approximate surface area is 138 Å². The van der Waals surface area contributed by atoms with Crippen molar-refractivity contribution in [2.75, 3.05) is 0 Å². The number of hydrogen-bond donors (Lipinski definition) is 2. The van der Waals surface area contributed by atoms with Gasteiger partial charge in [-0.3, -0.25) is 4.79 Å². The number of amides is 1. The molecule has 0 saturated heterocycles.